The van der Waals surface area contributed by atoms with E-state index >= 15 is 0 Å². The van der Waals surface area contributed by atoms with Crippen LogP contribution in [0.3, 0.4) is 0 Å². The molecular formula is C9H17N3. The van der Waals surface area contributed by atoms with Crippen molar-refractivity contribution in [3.05, 3.63) is 12.8 Å². The molecule has 3 nitrogen and oxygen atoms in total. The van der Waals surface area contributed by atoms with Crippen LogP contribution < -0.4 is 0 Å². The van der Waals surface area contributed by atoms with Crippen LogP contribution in [-0.2, 0) is 0 Å². The van der Waals surface area contributed by atoms with Gasteiger partial charge in [-0.15, -0.1) is 5.10 Å². The number of hydrogen-bond donors (Lipinski definition) is 0. The summed E-state index contributed by atoms with van der Waals surface area (Å²) in [4.78, 5) is 1.91. The van der Waals surface area contributed by atoms with Crippen LogP contribution in [0, 0.1) is 0 Å². The molecule has 0 spiro atoms. The Morgan fingerprint density at radius 1 is 1.42 bits per heavy atom. The van der Waals surface area contributed by atoms with Gasteiger partial charge in [0.2, 0.25) is 0 Å². The molecule has 0 saturated heterocycles. The number of nitrogens with zero attached hydrogens (tertiary/aromatic N) is 3. The quantitative estimate of drug-likeness (QED) is 0.247. The molecule has 0 aromatic carbocycles. The molecule has 0 aliphatic carbocycles. The van der Waals surface area contributed by atoms with Gasteiger partial charge >= 0.3 is 0 Å². The zero-order valence-electron chi connectivity index (χ0n) is 7.74. The minimum Gasteiger partial charge on any atom is -0.338 e. The Hall–Kier alpha value is -1.12. The summed E-state index contributed by atoms with van der Waals surface area (Å²) in [6.45, 7) is 10.1. The Labute approximate surface area is 74.5 Å². The van der Waals surface area contributed by atoms with Gasteiger partial charge < -0.3 is 4.90 Å². The largest absolute Gasteiger partial charge is 0.338 e. The Kier molecular flexibility index (Phi) is 7.24. The lowest BCUT2D eigenvalue weighted by Gasteiger charge is -2.11. The summed E-state index contributed by atoms with van der Waals surface area (Å²) in [5.74, 6) is 0. The van der Waals surface area contributed by atoms with E-state index in [0.717, 1.165) is 13.0 Å². The molecule has 0 aromatic rings. The van der Waals surface area contributed by atoms with Crippen molar-refractivity contribution in [1.29, 1.82) is 0 Å². The molecule has 12 heavy (non-hydrogen) atoms. The second kappa shape index (κ2) is 7.98. The maximum atomic E-state index is 3.67. The minimum atomic E-state index is 0.955. The molecule has 0 unspecified atom stereocenters. The minimum absolute atomic E-state index is 0.955. The Balaban J connectivity index is 3.59. The molecule has 0 saturated carbocycles. The van der Waals surface area contributed by atoms with E-state index in [4.69, 9.17) is 0 Å². The Morgan fingerprint density at radius 2 is 2.17 bits per heavy atom. The van der Waals surface area contributed by atoms with E-state index < -0.39 is 0 Å². The predicted octanol–water partition coefficient (Wildman–Crippen LogP) is 2.27. The van der Waals surface area contributed by atoms with E-state index in [-0.39, 0.29) is 0 Å². The third-order valence-corrected chi connectivity index (χ3v) is 1.54. The van der Waals surface area contributed by atoms with Gasteiger partial charge in [0, 0.05) is 13.3 Å². The molecule has 3 heteroatoms. The van der Waals surface area contributed by atoms with Crippen molar-refractivity contribution in [3.63, 3.8) is 0 Å². The maximum absolute atomic E-state index is 3.67. The van der Waals surface area contributed by atoms with Crippen molar-refractivity contribution < 1.29 is 0 Å². The van der Waals surface area contributed by atoms with Crippen LogP contribution in [0.2, 0.25) is 0 Å². The molecule has 0 heterocycles. The van der Waals surface area contributed by atoms with Crippen molar-refractivity contribution in [3.8, 4) is 0 Å². The third-order valence-electron chi connectivity index (χ3n) is 1.54. The van der Waals surface area contributed by atoms with Crippen LogP contribution in [0.15, 0.2) is 23.0 Å². The highest BCUT2D eigenvalue weighted by molar-refractivity contribution is 5.56. The summed E-state index contributed by atoms with van der Waals surface area (Å²) < 4.78 is 0. The number of hydrogen-bond acceptors (Lipinski definition) is 2. The van der Waals surface area contributed by atoms with Crippen molar-refractivity contribution in [2.75, 3.05) is 6.54 Å². The van der Waals surface area contributed by atoms with Crippen molar-refractivity contribution in [1.82, 2.24) is 4.90 Å². The van der Waals surface area contributed by atoms with Crippen molar-refractivity contribution in [2.24, 2.45) is 10.2 Å². The third kappa shape index (κ3) is 5.65. The van der Waals surface area contributed by atoms with E-state index in [1.54, 1.807) is 12.5 Å². The van der Waals surface area contributed by atoms with Gasteiger partial charge in [-0.05, 0) is 12.6 Å². The second-order valence-electron chi connectivity index (χ2n) is 2.50. The first kappa shape index (κ1) is 10.9. The first-order chi connectivity index (χ1) is 5.85. The van der Waals surface area contributed by atoms with Gasteiger partial charge in [0.25, 0.3) is 0 Å². The van der Waals surface area contributed by atoms with Crippen LogP contribution in [0.25, 0.3) is 0 Å². The molecule has 0 fully saturated rings. The average molecular weight is 167 g/mol. The van der Waals surface area contributed by atoms with E-state index in [1.165, 1.54) is 12.8 Å². The second-order valence-corrected chi connectivity index (χ2v) is 2.50. The SMILES string of the molecule is C=CN(/C=N\N=C)CCCCC. The van der Waals surface area contributed by atoms with Crippen LogP contribution in [0.4, 0.5) is 0 Å². The lowest BCUT2D eigenvalue weighted by molar-refractivity contribution is 0.527. The molecule has 68 valence electrons. The Morgan fingerprint density at radius 3 is 2.67 bits per heavy atom. The van der Waals surface area contributed by atoms with E-state index in [0.29, 0.717) is 0 Å². The standard InChI is InChI=1S/C9H17N3/c1-4-6-7-8-12(5-2)9-11-10-3/h5,9H,2-4,6-8H2,1H3/b11-9-. The summed E-state index contributed by atoms with van der Waals surface area (Å²) in [5.41, 5.74) is 0. The monoisotopic (exact) mass is 167 g/mol. The Bertz CT molecular complexity index is 152. The fraction of sp³-hybridized carbons (Fsp3) is 0.556. The van der Waals surface area contributed by atoms with Gasteiger partial charge in [0.05, 0.1) is 0 Å². The maximum Gasteiger partial charge on any atom is 0.117 e. The smallest absolute Gasteiger partial charge is 0.117 e. The van der Waals surface area contributed by atoms with Gasteiger partial charge in [-0.3, -0.25) is 0 Å². The topological polar surface area (TPSA) is 28.0 Å². The molecule has 0 bridgehead atoms. The summed E-state index contributed by atoms with van der Waals surface area (Å²) in [5, 5.41) is 7.05. The summed E-state index contributed by atoms with van der Waals surface area (Å²) in [6.07, 6.45) is 6.99. The summed E-state index contributed by atoms with van der Waals surface area (Å²) in [6, 6.07) is 0. The lowest BCUT2D eigenvalue weighted by atomic mass is 10.2. The molecule has 0 radical (unpaired) electrons. The van der Waals surface area contributed by atoms with Crippen LogP contribution >= 0.6 is 0 Å². The van der Waals surface area contributed by atoms with Crippen LogP contribution in [-0.4, -0.2) is 24.5 Å². The molecule has 0 N–H and O–H groups in total. The van der Waals surface area contributed by atoms with E-state index in [2.05, 4.69) is 30.4 Å². The van der Waals surface area contributed by atoms with Crippen molar-refractivity contribution >= 4 is 13.1 Å². The molecule has 0 aromatic heterocycles. The normalized spacial score (nSPS) is 10.1. The highest BCUT2D eigenvalue weighted by Gasteiger charge is 1.92. The van der Waals surface area contributed by atoms with E-state index in [9.17, 15) is 0 Å². The highest BCUT2D eigenvalue weighted by atomic mass is 15.3. The fourth-order valence-electron chi connectivity index (χ4n) is 0.843. The van der Waals surface area contributed by atoms with Crippen molar-refractivity contribution in [2.45, 2.75) is 26.2 Å². The first-order valence-corrected chi connectivity index (χ1v) is 4.22. The fourth-order valence-corrected chi connectivity index (χ4v) is 0.843. The van der Waals surface area contributed by atoms with Gasteiger partial charge in [-0.2, -0.15) is 5.10 Å². The van der Waals surface area contributed by atoms with Gasteiger partial charge in [-0.25, -0.2) is 0 Å². The van der Waals surface area contributed by atoms with Crippen LogP contribution in [0.5, 0.6) is 0 Å². The molecule has 0 rings (SSSR count). The predicted molar refractivity (Wildman–Crippen MR) is 54.5 cm³/mol. The summed E-state index contributed by atoms with van der Waals surface area (Å²) in [7, 11) is 0. The summed E-state index contributed by atoms with van der Waals surface area (Å²) >= 11 is 0. The molecular weight excluding hydrogens is 150 g/mol. The number of rotatable bonds is 7. The lowest BCUT2D eigenvalue weighted by Crippen LogP contribution is -2.15. The average Bonchev–Trinajstić information content (AvgIpc) is 2.11. The van der Waals surface area contributed by atoms with Gasteiger partial charge in [0.1, 0.15) is 6.34 Å². The zero-order chi connectivity index (χ0) is 9.23. The molecule has 0 amide bonds. The number of unbranched alkanes of at least 4 members (excludes halogenated alkanes) is 2. The van der Waals surface area contributed by atoms with E-state index in [1.807, 2.05) is 4.90 Å². The molecule has 0 aliphatic rings. The molecule has 0 atom stereocenters. The van der Waals surface area contributed by atoms with Gasteiger partial charge in [0.15, 0.2) is 0 Å². The van der Waals surface area contributed by atoms with Gasteiger partial charge in [-0.1, -0.05) is 26.3 Å². The van der Waals surface area contributed by atoms with Crippen LogP contribution in [0.1, 0.15) is 26.2 Å². The first-order valence-electron chi connectivity index (χ1n) is 4.22. The highest BCUT2D eigenvalue weighted by Crippen LogP contribution is 1.96. The molecule has 0 aliphatic heterocycles. The zero-order valence-corrected chi connectivity index (χ0v) is 7.74.